The quantitative estimate of drug-likeness (QED) is 0.351. The van der Waals surface area contributed by atoms with Crippen LogP contribution in [0.25, 0.3) is 0 Å². The number of para-hydroxylation sites is 1. The van der Waals surface area contributed by atoms with Crippen LogP contribution in [0.3, 0.4) is 0 Å². The summed E-state index contributed by atoms with van der Waals surface area (Å²) in [4.78, 5) is 32.2. The van der Waals surface area contributed by atoms with E-state index in [1.807, 2.05) is 36.3 Å². The van der Waals surface area contributed by atoms with Gasteiger partial charge in [0.05, 0.1) is 18.7 Å². The third kappa shape index (κ3) is 5.20. The molecule has 0 saturated carbocycles. The summed E-state index contributed by atoms with van der Waals surface area (Å²) >= 11 is 14.5. The first-order chi connectivity index (χ1) is 16.8. The van der Waals surface area contributed by atoms with Crippen molar-refractivity contribution in [3.05, 3.63) is 85.5 Å². The van der Waals surface area contributed by atoms with Crippen molar-refractivity contribution in [1.82, 2.24) is 9.80 Å². The molecular formula is C27H28Cl2N2O3S. The smallest absolute Gasteiger partial charge is 0.258 e. The molecule has 2 unspecified atom stereocenters. The summed E-state index contributed by atoms with van der Waals surface area (Å²) in [6.45, 7) is 4.48. The van der Waals surface area contributed by atoms with E-state index in [1.165, 1.54) is 12.0 Å². The Morgan fingerprint density at radius 1 is 1.17 bits per heavy atom. The SMILES string of the molecule is CCC(C)N(CC(=O)N1CCc2sccc2C1c1ccc(Cl)cc1Cl)C(=O)c1ccccc1OC. The number of hydrogen-bond donors (Lipinski definition) is 0. The Hall–Kier alpha value is -2.54. The lowest BCUT2D eigenvalue weighted by atomic mass is 9.93. The van der Waals surface area contributed by atoms with E-state index in [-0.39, 0.29) is 30.4 Å². The van der Waals surface area contributed by atoms with Crippen LogP contribution in [0, 0.1) is 0 Å². The third-order valence-corrected chi connectivity index (χ3v) is 8.13. The van der Waals surface area contributed by atoms with Crippen LogP contribution in [0.4, 0.5) is 0 Å². The fraction of sp³-hybridized carbons (Fsp3) is 0.333. The van der Waals surface area contributed by atoms with E-state index < -0.39 is 0 Å². The van der Waals surface area contributed by atoms with Crippen LogP contribution in [0.1, 0.15) is 52.7 Å². The number of halogens is 2. The molecular weight excluding hydrogens is 503 g/mol. The Morgan fingerprint density at radius 2 is 1.94 bits per heavy atom. The number of ether oxygens (including phenoxy) is 1. The van der Waals surface area contributed by atoms with Crippen molar-refractivity contribution in [3.63, 3.8) is 0 Å². The Kier molecular flexibility index (Phi) is 8.05. The molecule has 8 heteroatoms. The number of methoxy groups -OCH3 is 1. The number of amides is 2. The topological polar surface area (TPSA) is 49.9 Å². The zero-order valence-electron chi connectivity index (χ0n) is 20.0. The molecule has 3 aromatic rings. The van der Waals surface area contributed by atoms with Crippen LogP contribution >= 0.6 is 34.5 Å². The van der Waals surface area contributed by atoms with Crippen molar-refractivity contribution in [2.45, 2.75) is 38.8 Å². The first-order valence-electron chi connectivity index (χ1n) is 11.6. The number of fused-ring (bicyclic) bond motifs is 1. The van der Waals surface area contributed by atoms with E-state index in [2.05, 4.69) is 6.07 Å². The van der Waals surface area contributed by atoms with E-state index in [4.69, 9.17) is 27.9 Å². The van der Waals surface area contributed by atoms with Crippen molar-refractivity contribution in [2.75, 3.05) is 20.2 Å². The van der Waals surface area contributed by atoms with E-state index >= 15 is 0 Å². The van der Waals surface area contributed by atoms with E-state index in [9.17, 15) is 9.59 Å². The van der Waals surface area contributed by atoms with Crippen LogP contribution in [0.15, 0.2) is 53.9 Å². The molecule has 0 N–H and O–H groups in total. The Balaban J connectivity index is 1.68. The summed E-state index contributed by atoms with van der Waals surface area (Å²) in [5.41, 5.74) is 2.35. The molecule has 0 aliphatic carbocycles. The maximum absolute atomic E-state index is 13.8. The average Bonchev–Trinajstić information content (AvgIpc) is 3.35. The molecule has 4 rings (SSSR count). The maximum atomic E-state index is 13.8. The van der Waals surface area contributed by atoms with Gasteiger partial charge >= 0.3 is 0 Å². The molecule has 2 aromatic carbocycles. The average molecular weight is 532 g/mol. The van der Waals surface area contributed by atoms with Gasteiger partial charge in [-0.05, 0) is 66.6 Å². The summed E-state index contributed by atoms with van der Waals surface area (Å²) in [6, 6.07) is 14.1. The van der Waals surface area contributed by atoms with Crippen LogP contribution in [0.2, 0.25) is 10.0 Å². The number of benzene rings is 2. The second-order valence-electron chi connectivity index (χ2n) is 8.60. The molecule has 2 atom stereocenters. The van der Waals surface area contributed by atoms with Gasteiger partial charge in [-0.1, -0.05) is 48.3 Å². The highest BCUT2D eigenvalue weighted by atomic mass is 35.5. The number of thiophene rings is 1. The number of hydrogen-bond acceptors (Lipinski definition) is 4. The molecule has 5 nitrogen and oxygen atoms in total. The Morgan fingerprint density at radius 3 is 2.66 bits per heavy atom. The minimum absolute atomic E-state index is 0.0347. The van der Waals surface area contributed by atoms with Gasteiger partial charge in [-0.2, -0.15) is 0 Å². The molecule has 1 aromatic heterocycles. The summed E-state index contributed by atoms with van der Waals surface area (Å²) in [7, 11) is 1.54. The lowest BCUT2D eigenvalue weighted by molar-refractivity contribution is -0.134. The van der Waals surface area contributed by atoms with Gasteiger partial charge in [0.15, 0.2) is 0 Å². The largest absolute Gasteiger partial charge is 0.496 e. The van der Waals surface area contributed by atoms with Gasteiger partial charge < -0.3 is 14.5 Å². The number of carbonyl (C=O) groups is 2. The lowest BCUT2D eigenvalue weighted by Gasteiger charge is -2.39. The van der Waals surface area contributed by atoms with E-state index in [0.717, 1.165) is 24.0 Å². The molecule has 2 amide bonds. The van der Waals surface area contributed by atoms with Crippen molar-refractivity contribution < 1.29 is 14.3 Å². The Labute approximate surface area is 220 Å². The van der Waals surface area contributed by atoms with Gasteiger partial charge in [-0.15, -0.1) is 11.3 Å². The zero-order chi connectivity index (χ0) is 25.1. The van der Waals surface area contributed by atoms with Crippen molar-refractivity contribution >= 4 is 46.4 Å². The summed E-state index contributed by atoms with van der Waals surface area (Å²) in [5, 5.41) is 3.11. The molecule has 1 aliphatic rings. The molecule has 1 aliphatic heterocycles. The molecule has 184 valence electrons. The van der Waals surface area contributed by atoms with Crippen molar-refractivity contribution in [3.8, 4) is 5.75 Å². The molecule has 0 spiro atoms. The highest BCUT2D eigenvalue weighted by Gasteiger charge is 2.36. The highest BCUT2D eigenvalue weighted by molar-refractivity contribution is 7.10. The molecule has 0 bridgehead atoms. The third-order valence-electron chi connectivity index (χ3n) is 6.57. The molecule has 0 radical (unpaired) electrons. The minimum Gasteiger partial charge on any atom is -0.496 e. The second-order valence-corrected chi connectivity index (χ2v) is 10.4. The summed E-state index contributed by atoms with van der Waals surface area (Å²) in [6.07, 6.45) is 1.49. The molecule has 0 saturated heterocycles. The van der Waals surface area contributed by atoms with Gasteiger partial charge in [-0.3, -0.25) is 9.59 Å². The fourth-order valence-electron chi connectivity index (χ4n) is 4.50. The molecule has 0 fully saturated rings. The predicted octanol–water partition coefficient (Wildman–Crippen LogP) is 6.48. The number of carbonyl (C=O) groups excluding carboxylic acids is 2. The standard InChI is InChI=1S/C27H28Cl2N2O3S/c1-4-17(2)31(27(33)20-7-5-6-8-23(20)34-3)16-25(32)30-13-11-24-21(12-14-35-24)26(30)19-10-9-18(28)15-22(19)29/h5-10,12,14-15,17,26H,4,11,13,16H2,1-3H3. The van der Waals surface area contributed by atoms with Gasteiger partial charge in [0.25, 0.3) is 5.91 Å². The summed E-state index contributed by atoms with van der Waals surface area (Å²) in [5.74, 6) is 0.144. The predicted molar refractivity (Wildman–Crippen MR) is 142 cm³/mol. The minimum atomic E-state index is -0.331. The fourth-order valence-corrected chi connectivity index (χ4v) is 5.92. The van der Waals surface area contributed by atoms with Crippen LogP contribution in [0.5, 0.6) is 5.75 Å². The maximum Gasteiger partial charge on any atom is 0.258 e. The van der Waals surface area contributed by atoms with Crippen LogP contribution < -0.4 is 4.74 Å². The van der Waals surface area contributed by atoms with E-state index in [0.29, 0.717) is 27.9 Å². The van der Waals surface area contributed by atoms with E-state index in [1.54, 1.807) is 46.6 Å². The highest BCUT2D eigenvalue weighted by Crippen LogP contribution is 2.41. The monoisotopic (exact) mass is 530 g/mol. The summed E-state index contributed by atoms with van der Waals surface area (Å²) < 4.78 is 5.41. The van der Waals surface area contributed by atoms with Crippen LogP contribution in [-0.4, -0.2) is 47.9 Å². The normalized spacial score (nSPS) is 15.9. The second kappa shape index (κ2) is 11.0. The van der Waals surface area contributed by atoms with Gasteiger partial charge in [0, 0.05) is 27.5 Å². The lowest BCUT2D eigenvalue weighted by Crippen LogP contribution is -2.49. The number of rotatable bonds is 7. The molecule has 35 heavy (non-hydrogen) atoms. The zero-order valence-corrected chi connectivity index (χ0v) is 22.3. The number of nitrogens with zero attached hydrogens (tertiary/aromatic N) is 2. The van der Waals surface area contributed by atoms with Gasteiger partial charge in [0.2, 0.25) is 5.91 Å². The Bertz CT molecular complexity index is 1230. The van der Waals surface area contributed by atoms with Gasteiger partial charge in [0.1, 0.15) is 12.3 Å². The molecule has 2 heterocycles. The van der Waals surface area contributed by atoms with Crippen LogP contribution in [-0.2, 0) is 11.2 Å². The van der Waals surface area contributed by atoms with Crippen molar-refractivity contribution in [1.29, 1.82) is 0 Å². The first kappa shape index (κ1) is 25.5. The first-order valence-corrected chi connectivity index (χ1v) is 13.2. The van der Waals surface area contributed by atoms with Crippen molar-refractivity contribution in [2.24, 2.45) is 0 Å². The van der Waals surface area contributed by atoms with Gasteiger partial charge in [-0.25, -0.2) is 0 Å².